The van der Waals surface area contributed by atoms with Crippen LogP contribution in [0.15, 0.2) is 58.3 Å². The molecule has 0 aliphatic rings. The number of hydrogen-bond donors (Lipinski definition) is 0. The number of rotatable bonds is 2. The van der Waals surface area contributed by atoms with Crippen molar-refractivity contribution in [3.8, 4) is 0 Å². The zero-order valence-electron chi connectivity index (χ0n) is 11.8. The first-order chi connectivity index (χ1) is 9.01. The summed E-state index contributed by atoms with van der Waals surface area (Å²) in [5.41, 5.74) is 2.08. The van der Waals surface area contributed by atoms with Gasteiger partial charge in [-0.15, -0.1) is 0 Å². The molecule has 0 saturated heterocycles. The summed E-state index contributed by atoms with van der Waals surface area (Å²) in [7, 11) is -3.38. The van der Waals surface area contributed by atoms with E-state index in [1.807, 2.05) is 33.8 Å². The molecule has 0 fully saturated rings. The van der Waals surface area contributed by atoms with E-state index < -0.39 is 9.84 Å². The minimum Gasteiger partial charge on any atom is -0.219 e. The first-order valence-corrected chi connectivity index (χ1v) is 7.87. The largest absolute Gasteiger partial charge is 0.219 e. The summed E-state index contributed by atoms with van der Waals surface area (Å²) < 4.78 is 24.6. The molecule has 0 aliphatic heterocycles. The Labute approximate surface area is 116 Å². The van der Waals surface area contributed by atoms with Crippen LogP contribution in [0.2, 0.25) is 0 Å². The van der Waals surface area contributed by atoms with Gasteiger partial charge in [-0.2, -0.15) is 0 Å². The maximum absolute atomic E-state index is 12.3. The average molecular weight is 276 g/mol. The molecular weight excluding hydrogens is 256 g/mol. The van der Waals surface area contributed by atoms with E-state index in [9.17, 15) is 8.42 Å². The smallest absolute Gasteiger partial charge is 0.206 e. The lowest BCUT2D eigenvalue weighted by Gasteiger charge is -2.06. The van der Waals surface area contributed by atoms with E-state index in [-0.39, 0.29) is 0 Å². The second-order valence-corrected chi connectivity index (χ2v) is 6.01. The maximum atomic E-state index is 12.3. The quantitative estimate of drug-likeness (QED) is 0.825. The van der Waals surface area contributed by atoms with Crippen LogP contribution >= 0.6 is 0 Å². The van der Waals surface area contributed by atoms with Crippen molar-refractivity contribution in [2.45, 2.75) is 37.5 Å². The number of benzene rings is 2. The topological polar surface area (TPSA) is 34.1 Å². The van der Waals surface area contributed by atoms with Crippen LogP contribution in [-0.4, -0.2) is 8.42 Å². The first kappa shape index (κ1) is 15.4. The van der Waals surface area contributed by atoms with Gasteiger partial charge in [0.1, 0.15) is 0 Å². The minimum absolute atomic E-state index is 0.336. The summed E-state index contributed by atoms with van der Waals surface area (Å²) in [6.07, 6.45) is 0. The summed E-state index contributed by atoms with van der Waals surface area (Å²) in [6.45, 7) is 7.88. The molecule has 0 unspecified atom stereocenters. The highest BCUT2D eigenvalue weighted by atomic mass is 32.2. The Morgan fingerprint density at radius 1 is 0.737 bits per heavy atom. The lowest BCUT2D eigenvalue weighted by atomic mass is 10.1. The minimum atomic E-state index is -3.38. The Morgan fingerprint density at radius 2 is 1.32 bits per heavy atom. The third-order valence-electron chi connectivity index (χ3n) is 2.84. The van der Waals surface area contributed by atoms with E-state index in [0.717, 1.165) is 11.1 Å². The molecule has 0 amide bonds. The van der Waals surface area contributed by atoms with Gasteiger partial charge in [0.2, 0.25) is 9.84 Å². The molecule has 2 nitrogen and oxygen atoms in total. The van der Waals surface area contributed by atoms with Gasteiger partial charge in [-0.1, -0.05) is 38.1 Å². The van der Waals surface area contributed by atoms with Crippen LogP contribution in [0.4, 0.5) is 0 Å². The predicted octanol–water partition coefficient (Wildman–Crippen LogP) is 4.16. The molecular formula is C16H20O2S. The normalized spacial score (nSPS) is 10.5. The highest BCUT2D eigenvalue weighted by molar-refractivity contribution is 7.91. The van der Waals surface area contributed by atoms with Crippen molar-refractivity contribution >= 4 is 9.84 Å². The Kier molecular flexibility index (Phi) is 5.31. The standard InChI is InChI=1S/C14H14O2S.C2H6/c1-11-8-9-14(10-12(11)2)17(15,16)13-6-4-3-5-7-13;1-2/h3-10H,1-2H3;1-2H3. The Morgan fingerprint density at radius 3 is 1.84 bits per heavy atom. The monoisotopic (exact) mass is 276 g/mol. The SMILES string of the molecule is CC.Cc1ccc(S(=O)(=O)c2ccccc2)cc1C. The summed E-state index contributed by atoms with van der Waals surface area (Å²) in [5.74, 6) is 0. The predicted molar refractivity (Wildman–Crippen MR) is 79.2 cm³/mol. The van der Waals surface area contributed by atoms with Gasteiger partial charge in [0.25, 0.3) is 0 Å². The second kappa shape index (κ2) is 6.53. The second-order valence-electron chi connectivity index (χ2n) is 4.06. The molecule has 3 heteroatoms. The number of sulfone groups is 1. The van der Waals surface area contributed by atoms with E-state index in [1.54, 1.807) is 42.5 Å². The number of hydrogen-bond acceptors (Lipinski definition) is 2. The molecule has 0 saturated carbocycles. The summed E-state index contributed by atoms with van der Waals surface area (Å²) in [6, 6.07) is 13.7. The van der Waals surface area contributed by atoms with E-state index in [2.05, 4.69) is 0 Å². The van der Waals surface area contributed by atoms with Crippen molar-refractivity contribution in [1.29, 1.82) is 0 Å². The van der Waals surface area contributed by atoms with Crippen LogP contribution in [0, 0.1) is 13.8 Å². The summed E-state index contributed by atoms with van der Waals surface area (Å²) >= 11 is 0. The molecule has 0 aliphatic carbocycles. The van der Waals surface area contributed by atoms with Crippen LogP contribution < -0.4 is 0 Å². The van der Waals surface area contributed by atoms with E-state index in [0.29, 0.717) is 9.79 Å². The maximum Gasteiger partial charge on any atom is 0.206 e. The fourth-order valence-corrected chi connectivity index (χ4v) is 2.98. The fraction of sp³-hybridized carbons (Fsp3) is 0.250. The van der Waals surface area contributed by atoms with E-state index in [4.69, 9.17) is 0 Å². The van der Waals surface area contributed by atoms with Crippen LogP contribution in [0.5, 0.6) is 0 Å². The van der Waals surface area contributed by atoms with Gasteiger partial charge < -0.3 is 0 Å². The molecule has 102 valence electrons. The van der Waals surface area contributed by atoms with Gasteiger partial charge in [-0.3, -0.25) is 0 Å². The molecule has 0 aromatic heterocycles. The van der Waals surface area contributed by atoms with Gasteiger partial charge in [0.05, 0.1) is 9.79 Å². The molecule has 0 spiro atoms. The van der Waals surface area contributed by atoms with Crippen LogP contribution in [0.25, 0.3) is 0 Å². The Bertz CT molecular complexity index is 629. The van der Waals surface area contributed by atoms with Crippen LogP contribution in [-0.2, 0) is 9.84 Å². The molecule has 0 heterocycles. The lowest BCUT2D eigenvalue weighted by molar-refractivity contribution is 0.596. The van der Waals surface area contributed by atoms with Gasteiger partial charge in [-0.25, -0.2) is 8.42 Å². The molecule has 0 atom stereocenters. The van der Waals surface area contributed by atoms with Crippen molar-refractivity contribution in [2.75, 3.05) is 0 Å². The van der Waals surface area contributed by atoms with E-state index >= 15 is 0 Å². The van der Waals surface area contributed by atoms with Gasteiger partial charge in [0, 0.05) is 0 Å². The average Bonchev–Trinajstić information content (AvgIpc) is 2.45. The van der Waals surface area contributed by atoms with Crippen molar-refractivity contribution in [2.24, 2.45) is 0 Å². The molecule has 2 rings (SSSR count). The van der Waals surface area contributed by atoms with Crippen molar-refractivity contribution < 1.29 is 8.42 Å². The molecule has 0 radical (unpaired) electrons. The Hall–Kier alpha value is -1.61. The van der Waals surface area contributed by atoms with Gasteiger partial charge in [-0.05, 0) is 49.2 Å². The van der Waals surface area contributed by atoms with E-state index in [1.165, 1.54) is 0 Å². The molecule has 0 bridgehead atoms. The van der Waals surface area contributed by atoms with Crippen molar-refractivity contribution in [1.82, 2.24) is 0 Å². The molecule has 19 heavy (non-hydrogen) atoms. The van der Waals surface area contributed by atoms with Crippen LogP contribution in [0.1, 0.15) is 25.0 Å². The zero-order valence-corrected chi connectivity index (χ0v) is 12.7. The highest BCUT2D eigenvalue weighted by Gasteiger charge is 2.17. The van der Waals surface area contributed by atoms with Crippen LogP contribution in [0.3, 0.4) is 0 Å². The number of aryl methyl sites for hydroxylation is 2. The third-order valence-corrected chi connectivity index (χ3v) is 4.61. The summed E-state index contributed by atoms with van der Waals surface area (Å²) in [4.78, 5) is 0.690. The summed E-state index contributed by atoms with van der Waals surface area (Å²) in [5, 5.41) is 0. The van der Waals surface area contributed by atoms with Crippen molar-refractivity contribution in [3.05, 3.63) is 59.7 Å². The Balaban J connectivity index is 0.000000861. The zero-order chi connectivity index (χ0) is 14.5. The lowest BCUT2D eigenvalue weighted by Crippen LogP contribution is -2.02. The van der Waals surface area contributed by atoms with Crippen molar-refractivity contribution in [3.63, 3.8) is 0 Å². The highest BCUT2D eigenvalue weighted by Crippen LogP contribution is 2.22. The van der Waals surface area contributed by atoms with Gasteiger partial charge >= 0.3 is 0 Å². The molecule has 2 aromatic rings. The first-order valence-electron chi connectivity index (χ1n) is 6.39. The molecule has 2 aromatic carbocycles. The molecule has 0 N–H and O–H groups in total. The fourth-order valence-electron chi connectivity index (χ4n) is 1.62. The third kappa shape index (κ3) is 3.44. The van der Waals surface area contributed by atoms with Gasteiger partial charge in [0.15, 0.2) is 0 Å².